The Hall–Kier alpha value is -1.73. The summed E-state index contributed by atoms with van der Waals surface area (Å²) in [7, 11) is -3.28. The summed E-state index contributed by atoms with van der Waals surface area (Å²) in [6.45, 7) is 0.654. The van der Waals surface area contributed by atoms with Gasteiger partial charge in [-0.2, -0.15) is 0 Å². The number of thiophene rings is 1. The van der Waals surface area contributed by atoms with Gasteiger partial charge in [0.15, 0.2) is 9.84 Å². The van der Waals surface area contributed by atoms with Crippen LogP contribution in [0.15, 0.2) is 60.0 Å². The number of nitrogens with two attached hydrogens (primary N) is 1. The predicted molar refractivity (Wildman–Crippen MR) is 103 cm³/mol. The van der Waals surface area contributed by atoms with Crippen molar-refractivity contribution in [2.75, 3.05) is 12.4 Å². The predicted octanol–water partition coefficient (Wildman–Crippen LogP) is 3.36. The average Bonchev–Trinajstić information content (AvgIpc) is 3.02. The second kappa shape index (κ2) is 8.10. The minimum atomic E-state index is -3.28. The molecule has 0 saturated heterocycles. The van der Waals surface area contributed by atoms with E-state index in [1.165, 1.54) is 0 Å². The normalized spacial score (nSPS) is 13.2. The minimum absolute atomic E-state index is 0.00513. The highest BCUT2D eigenvalue weighted by atomic mass is 32.2. The van der Waals surface area contributed by atoms with Crippen molar-refractivity contribution in [3.63, 3.8) is 0 Å². The van der Waals surface area contributed by atoms with Crippen LogP contribution in [0, 0.1) is 0 Å². The Bertz CT molecular complexity index is 920. The van der Waals surface area contributed by atoms with Crippen molar-refractivity contribution in [1.82, 2.24) is 0 Å². The van der Waals surface area contributed by atoms with Crippen LogP contribution in [-0.4, -0.2) is 26.8 Å². The van der Waals surface area contributed by atoms with Crippen LogP contribution < -0.4 is 5.73 Å². The molecule has 1 unspecified atom stereocenters. The zero-order valence-corrected chi connectivity index (χ0v) is 15.4. The van der Waals surface area contributed by atoms with E-state index in [1.807, 2.05) is 60.0 Å². The van der Waals surface area contributed by atoms with Crippen molar-refractivity contribution in [2.45, 2.75) is 18.4 Å². The molecule has 0 saturated carbocycles. The summed E-state index contributed by atoms with van der Waals surface area (Å²) in [6, 6.07) is 17.0. The molecule has 1 heterocycles. The fourth-order valence-corrected chi connectivity index (χ4v) is 5.02. The highest BCUT2D eigenvalue weighted by molar-refractivity contribution is 7.90. The maximum Gasteiger partial charge on any atom is 0.156 e. The van der Waals surface area contributed by atoms with Crippen molar-refractivity contribution in [2.24, 2.45) is 5.73 Å². The topological polar surface area (TPSA) is 69.4 Å². The molecule has 0 aliphatic carbocycles. The van der Waals surface area contributed by atoms with Crippen LogP contribution >= 0.6 is 11.3 Å². The molecule has 6 heteroatoms. The SMILES string of the molecule is NC(COCc1ccccc1)CS(=O)(=O)Cc1ccc2sccc2c1. The highest BCUT2D eigenvalue weighted by Crippen LogP contribution is 2.22. The third-order valence-corrected chi connectivity index (χ3v) is 6.42. The maximum absolute atomic E-state index is 12.4. The van der Waals surface area contributed by atoms with Crippen molar-refractivity contribution < 1.29 is 13.2 Å². The molecule has 0 fully saturated rings. The van der Waals surface area contributed by atoms with Crippen molar-refractivity contribution in [3.05, 3.63) is 71.1 Å². The lowest BCUT2D eigenvalue weighted by molar-refractivity contribution is 0.112. The quantitative estimate of drug-likeness (QED) is 0.655. The lowest BCUT2D eigenvalue weighted by Gasteiger charge is -2.13. The van der Waals surface area contributed by atoms with Gasteiger partial charge in [-0.25, -0.2) is 8.42 Å². The number of rotatable bonds is 8. The van der Waals surface area contributed by atoms with E-state index in [2.05, 4.69) is 0 Å². The number of sulfone groups is 1. The first-order valence-corrected chi connectivity index (χ1v) is 10.8. The van der Waals surface area contributed by atoms with Crippen LogP contribution in [0.3, 0.4) is 0 Å². The van der Waals surface area contributed by atoms with Crippen molar-refractivity contribution in [3.8, 4) is 0 Å². The van der Waals surface area contributed by atoms with Gasteiger partial charge in [-0.05, 0) is 40.1 Å². The van der Waals surface area contributed by atoms with E-state index in [1.54, 1.807) is 11.3 Å². The van der Waals surface area contributed by atoms with Crippen LogP contribution in [-0.2, 0) is 26.9 Å². The first-order chi connectivity index (χ1) is 12.0. The molecule has 3 aromatic rings. The Labute approximate surface area is 152 Å². The highest BCUT2D eigenvalue weighted by Gasteiger charge is 2.17. The second-order valence-corrected chi connectivity index (χ2v) is 9.17. The molecule has 2 N–H and O–H groups in total. The van der Waals surface area contributed by atoms with Gasteiger partial charge < -0.3 is 10.5 Å². The summed E-state index contributed by atoms with van der Waals surface area (Å²) in [5, 5.41) is 3.08. The first kappa shape index (κ1) is 18.1. The maximum atomic E-state index is 12.4. The Morgan fingerprint density at radius 3 is 2.64 bits per heavy atom. The fourth-order valence-electron chi connectivity index (χ4n) is 2.70. The number of hydrogen-bond acceptors (Lipinski definition) is 5. The van der Waals surface area contributed by atoms with E-state index < -0.39 is 15.9 Å². The van der Waals surface area contributed by atoms with Crippen LogP contribution in [0.5, 0.6) is 0 Å². The molecule has 3 rings (SSSR count). The third-order valence-electron chi connectivity index (χ3n) is 3.81. The van der Waals surface area contributed by atoms with Crippen LogP contribution in [0.1, 0.15) is 11.1 Å². The minimum Gasteiger partial charge on any atom is -0.375 e. The Kier molecular flexibility index (Phi) is 5.86. The molecule has 1 atom stereocenters. The molecule has 1 aromatic heterocycles. The molecule has 4 nitrogen and oxygen atoms in total. The summed E-state index contributed by atoms with van der Waals surface area (Å²) in [5.74, 6) is -0.0748. The van der Waals surface area contributed by atoms with Crippen LogP contribution in [0.25, 0.3) is 10.1 Å². The number of ether oxygens (including phenoxy) is 1. The van der Waals surface area contributed by atoms with E-state index in [-0.39, 0.29) is 18.1 Å². The van der Waals surface area contributed by atoms with Gasteiger partial charge in [-0.15, -0.1) is 11.3 Å². The standard InChI is InChI=1S/C19H21NO3S2/c20-18(12-23-11-15-4-2-1-3-5-15)14-25(21,22)13-16-6-7-19-17(10-16)8-9-24-19/h1-10,18H,11-14,20H2. The van der Waals surface area contributed by atoms with Crippen molar-refractivity contribution in [1.29, 1.82) is 0 Å². The zero-order valence-electron chi connectivity index (χ0n) is 13.8. The Morgan fingerprint density at radius 1 is 1.04 bits per heavy atom. The molecule has 0 aliphatic heterocycles. The summed E-state index contributed by atoms with van der Waals surface area (Å²) in [6.07, 6.45) is 0. The van der Waals surface area contributed by atoms with Gasteiger partial charge in [0.2, 0.25) is 0 Å². The number of benzene rings is 2. The van der Waals surface area contributed by atoms with E-state index >= 15 is 0 Å². The molecule has 0 spiro atoms. The number of fused-ring (bicyclic) bond motifs is 1. The van der Waals surface area contributed by atoms with Gasteiger partial charge in [-0.3, -0.25) is 0 Å². The van der Waals surface area contributed by atoms with Gasteiger partial charge in [-0.1, -0.05) is 36.4 Å². The molecular weight excluding hydrogens is 354 g/mol. The van der Waals surface area contributed by atoms with Gasteiger partial charge in [0, 0.05) is 10.7 Å². The van der Waals surface area contributed by atoms with Gasteiger partial charge in [0.1, 0.15) is 0 Å². The van der Waals surface area contributed by atoms with Crippen LogP contribution in [0.4, 0.5) is 0 Å². The first-order valence-electron chi connectivity index (χ1n) is 8.06. The molecule has 25 heavy (non-hydrogen) atoms. The van der Waals surface area contributed by atoms with E-state index in [0.29, 0.717) is 6.61 Å². The smallest absolute Gasteiger partial charge is 0.156 e. The molecule has 2 aromatic carbocycles. The third kappa shape index (κ3) is 5.37. The van der Waals surface area contributed by atoms with Crippen LogP contribution in [0.2, 0.25) is 0 Å². The van der Waals surface area contributed by atoms with Gasteiger partial charge in [0.25, 0.3) is 0 Å². The van der Waals surface area contributed by atoms with E-state index in [0.717, 1.165) is 21.2 Å². The Morgan fingerprint density at radius 2 is 1.84 bits per heavy atom. The lowest BCUT2D eigenvalue weighted by Crippen LogP contribution is -2.34. The summed E-state index contributed by atoms with van der Waals surface area (Å²) in [4.78, 5) is 0. The molecule has 0 amide bonds. The monoisotopic (exact) mass is 375 g/mol. The zero-order chi connectivity index (χ0) is 17.7. The van der Waals surface area contributed by atoms with E-state index in [4.69, 9.17) is 10.5 Å². The fraction of sp³-hybridized carbons (Fsp3) is 0.263. The summed E-state index contributed by atoms with van der Waals surface area (Å²) in [5.41, 5.74) is 7.79. The summed E-state index contributed by atoms with van der Waals surface area (Å²) < 4.78 is 31.5. The van der Waals surface area contributed by atoms with Crippen molar-refractivity contribution >= 4 is 31.3 Å². The second-order valence-electron chi connectivity index (χ2n) is 6.11. The molecule has 132 valence electrons. The van der Waals surface area contributed by atoms with Gasteiger partial charge >= 0.3 is 0 Å². The largest absolute Gasteiger partial charge is 0.375 e. The Balaban J connectivity index is 1.51. The molecule has 0 aliphatic rings. The molecule has 0 bridgehead atoms. The molecular formula is C19H21NO3S2. The molecule has 0 radical (unpaired) electrons. The average molecular weight is 376 g/mol. The lowest BCUT2D eigenvalue weighted by atomic mass is 10.2. The van der Waals surface area contributed by atoms with Gasteiger partial charge in [0.05, 0.1) is 24.7 Å². The number of hydrogen-bond donors (Lipinski definition) is 1. The van der Waals surface area contributed by atoms with E-state index in [9.17, 15) is 8.42 Å². The summed E-state index contributed by atoms with van der Waals surface area (Å²) >= 11 is 1.65.